The number of carbonyl (C=O) groups is 1. The monoisotopic (exact) mass is 239 g/mol. The largest absolute Gasteiger partial charge is 0.448 e. The standard InChI is InChI=1S/C10H13N3O4/c11-8(6-17-10(12)14)5-7-1-3-9(4-2-7)13(15)16/h1-4,8H,5-6,11H2,(H2,12,14). The number of nitro groups is 1. The van der Waals surface area contributed by atoms with Gasteiger partial charge in [-0.3, -0.25) is 10.1 Å². The molecule has 1 aromatic carbocycles. The molecule has 0 bridgehead atoms. The number of hydrogen-bond acceptors (Lipinski definition) is 5. The average Bonchev–Trinajstić information content (AvgIpc) is 2.27. The van der Waals surface area contributed by atoms with Crippen molar-refractivity contribution in [3.05, 3.63) is 39.9 Å². The van der Waals surface area contributed by atoms with Gasteiger partial charge in [-0.1, -0.05) is 12.1 Å². The molecule has 4 N–H and O–H groups in total. The summed E-state index contributed by atoms with van der Waals surface area (Å²) in [6, 6.07) is 5.64. The second-order valence-corrected chi connectivity index (χ2v) is 3.52. The van der Waals surface area contributed by atoms with E-state index in [-0.39, 0.29) is 18.3 Å². The fraction of sp³-hybridized carbons (Fsp3) is 0.300. The summed E-state index contributed by atoms with van der Waals surface area (Å²) in [4.78, 5) is 20.3. The molecule has 0 aliphatic heterocycles. The molecule has 7 heteroatoms. The van der Waals surface area contributed by atoms with Gasteiger partial charge in [0.25, 0.3) is 5.69 Å². The highest BCUT2D eigenvalue weighted by Gasteiger charge is 2.08. The maximum Gasteiger partial charge on any atom is 0.404 e. The molecular formula is C10H13N3O4. The molecule has 0 heterocycles. The van der Waals surface area contributed by atoms with Crippen LogP contribution in [0.1, 0.15) is 5.56 Å². The lowest BCUT2D eigenvalue weighted by Crippen LogP contribution is -2.31. The van der Waals surface area contributed by atoms with Gasteiger partial charge in [-0.05, 0) is 12.0 Å². The fourth-order valence-corrected chi connectivity index (χ4v) is 1.30. The van der Waals surface area contributed by atoms with Gasteiger partial charge < -0.3 is 16.2 Å². The van der Waals surface area contributed by atoms with Crippen LogP contribution in [0.15, 0.2) is 24.3 Å². The molecule has 0 saturated carbocycles. The van der Waals surface area contributed by atoms with Crippen LogP contribution in [0.2, 0.25) is 0 Å². The fourth-order valence-electron chi connectivity index (χ4n) is 1.30. The number of ether oxygens (including phenoxy) is 1. The van der Waals surface area contributed by atoms with Crippen molar-refractivity contribution in [1.82, 2.24) is 0 Å². The third-order valence-corrected chi connectivity index (χ3v) is 2.08. The van der Waals surface area contributed by atoms with E-state index in [9.17, 15) is 14.9 Å². The molecule has 1 amide bonds. The number of non-ortho nitro benzene ring substituents is 1. The van der Waals surface area contributed by atoms with Gasteiger partial charge in [-0.2, -0.15) is 0 Å². The number of rotatable bonds is 5. The van der Waals surface area contributed by atoms with Crippen molar-refractivity contribution in [2.75, 3.05) is 6.61 Å². The average molecular weight is 239 g/mol. The molecule has 1 rings (SSSR count). The van der Waals surface area contributed by atoms with Gasteiger partial charge in [-0.25, -0.2) is 4.79 Å². The smallest absolute Gasteiger partial charge is 0.404 e. The van der Waals surface area contributed by atoms with Crippen LogP contribution in [-0.2, 0) is 11.2 Å². The molecule has 1 atom stereocenters. The lowest BCUT2D eigenvalue weighted by molar-refractivity contribution is -0.384. The van der Waals surface area contributed by atoms with Gasteiger partial charge in [0.1, 0.15) is 6.61 Å². The van der Waals surface area contributed by atoms with E-state index >= 15 is 0 Å². The van der Waals surface area contributed by atoms with Crippen LogP contribution in [0.3, 0.4) is 0 Å². The topological polar surface area (TPSA) is 121 Å². The molecule has 0 saturated heterocycles. The summed E-state index contributed by atoms with van der Waals surface area (Å²) in [6.45, 7) is 0.0202. The second-order valence-electron chi connectivity index (χ2n) is 3.52. The van der Waals surface area contributed by atoms with E-state index < -0.39 is 11.0 Å². The molecule has 0 radical (unpaired) electrons. The number of amides is 1. The van der Waals surface area contributed by atoms with E-state index in [1.807, 2.05) is 0 Å². The first-order valence-corrected chi connectivity index (χ1v) is 4.90. The summed E-state index contributed by atoms with van der Waals surface area (Å²) >= 11 is 0. The SMILES string of the molecule is NC(=O)OCC(N)Cc1ccc([N+](=O)[O-])cc1. The van der Waals surface area contributed by atoms with Crippen LogP contribution in [0, 0.1) is 10.1 Å². The first-order valence-electron chi connectivity index (χ1n) is 4.90. The minimum absolute atomic E-state index is 0.0202. The van der Waals surface area contributed by atoms with Crippen LogP contribution >= 0.6 is 0 Å². The molecule has 1 aromatic rings. The Kier molecular flexibility index (Phi) is 4.41. The minimum Gasteiger partial charge on any atom is -0.448 e. The van der Waals surface area contributed by atoms with Gasteiger partial charge >= 0.3 is 6.09 Å². The number of benzene rings is 1. The maximum atomic E-state index is 10.4. The lowest BCUT2D eigenvalue weighted by Gasteiger charge is -2.10. The van der Waals surface area contributed by atoms with Gasteiger partial charge in [0, 0.05) is 18.2 Å². The Bertz CT molecular complexity index is 405. The van der Waals surface area contributed by atoms with Crippen molar-refractivity contribution in [3.8, 4) is 0 Å². The molecule has 0 aliphatic rings. The molecule has 7 nitrogen and oxygen atoms in total. The Labute approximate surface area is 97.5 Å². The molecule has 0 spiro atoms. The van der Waals surface area contributed by atoms with Crippen molar-refractivity contribution in [2.45, 2.75) is 12.5 Å². The van der Waals surface area contributed by atoms with Crippen LogP contribution < -0.4 is 11.5 Å². The molecule has 0 aromatic heterocycles. The number of nitrogens with zero attached hydrogens (tertiary/aromatic N) is 1. The van der Waals surface area contributed by atoms with E-state index in [0.717, 1.165) is 5.56 Å². The Balaban J connectivity index is 2.51. The van der Waals surface area contributed by atoms with Crippen LogP contribution in [0.5, 0.6) is 0 Å². The number of nitro benzene ring substituents is 1. The first kappa shape index (κ1) is 12.9. The molecule has 17 heavy (non-hydrogen) atoms. The van der Waals surface area contributed by atoms with E-state index in [0.29, 0.717) is 6.42 Å². The molecule has 0 fully saturated rings. The third kappa shape index (κ3) is 4.47. The number of nitrogens with two attached hydrogens (primary N) is 2. The summed E-state index contributed by atoms with van der Waals surface area (Å²) in [6.07, 6.45) is -0.421. The highest BCUT2D eigenvalue weighted by Crippen LogP contribution is 2.12. The summed E-state index contributed by atoms with van der Waals surface area (Å²) in [7, 11) is 0. The third-order valence-electron chi connectivity index (χ3n) is 2.08. The van der Waals surface area contributed by atoms with Crippen LogP contribution in [-0.4, -0.2) is 23.7 Å². The molecule has 92 valence electrons. The van der Waals surface area contributed by atoms with E-state index in [1.54, 1.807) is 12.1 Å². The van der Waals surface area contributed by atoms with Gasteiger partial charge in [0.05, 0.1) is 4.92 Å². The quantitative estimate of drug-likeness (QED) is 0.574. The van der Waals surface area contributed by atoms with Crippen molar-refractivity contribution in [1.29, 1.82) is 0 Å². The van der Waals surface area contributed by atoms with Crippen molar-refractivity contribution >= 4 is 11.8 Å². The van der Waals surface area contributed by atoms with Crippen molar-refractivity contribution < 1.29 is 14.5 Å². The summed E-state index contributed by atoms with van der Waals surface area (Å²) in [5.74, 6) is 0. The van der Waals surface area contributed by atoms with Gasteiger partial charge in [-0.15, -0.1) is 0 Å². The zero-order chi connectivity index (χ0) is 12.8. The summed E-state index contributed by atoms with van der Waals surface area (Å²) in [5.41, 5.74) is 11.3. The van der Waals surface area contributed by atoms with Gasteiger partial charge in [0.15, 0.2) is 0 Å². The van der Waals surface area contributed by atoms with Gasteiger partial charge in [0.2, 0.25) is 0 Å². The van der Waals surface area contributed by atoms with Crippen LogP contribution in [0.4, 0.5) is 10.5 Å². The zero-order valence-electron chi connectivity index (χ0n) is 9.04. The Hall–Kier alpha value is -2.15. The minimum atomic E-state index is -0.871. The van der Waals surface area contributed by atoms with Crippen molar-refractivity contribution in [2.24, 2.45) is 11.5 Å². The molecular weight excluding hydrogens is 226 g/mol. The number of carbonyl (C=O) groups excluding carboxylic acids is 1. The summed E-state index contributed by atoms with van der Waals surface area (Å²) in [5, 5.41) is 10.4. The second kappa shape index (κ2) is 5.80. The Morgan fingerprint density at radius 1 is 1.41 bits per heavy atom. The highest BCUT2D eigenvalue weighted by atomic mass is 16.6. The molecule has 1 unspecified atom stereocenters. The van der Waals surface area contributed by atoms with E-state index in [2.05, 4.69) is 4.74 Å². The lowest BCUT2D eigenvalue weighted by atomic mass is 10.1. The predicted octanol–water partition coefficient (Wildman–Crippen LogP) is 0.560. The Morgan fingerprint density at radius 2 is 2.00 bits per heavy atom. The number of hydrogen-bond donors (Lipinski definition) is 2. The highest BCUT2D eigenvalue weighted by molar-refractivity contribution is 5.64. The summed E-state index contributed by atoms with van der Waals surface area (Å²) < 4.78 is 4.54. The number of primary amides is 1. The predicted molar refractivity (Wildman–Crippen MR) is 60.3 cm³/mol. The zero-order valence-corrected chi connectivity index (χ0v) is 9.04. The maximum absolute atomic E-state index is 10.4. The van der Waals surface area contributed by atoms with E-state index in [4.69, 9.17) is 11.5 Å². The normalized spacial score (nSPS) is 11.8. The first-order chi connectivity index (χ1) is 7.99. The van der Waals surface area contributed by atoms with E-state index in [1.165, 1.54) is 12.1 Å². The van der Waals surface area contributed by atoms with Crippen LogP contribution in [0.25, 0.3) is 0 Å². The van der Waals surface area contributed by atoms with Crippen molar-refractivity contribution in [3.63, 3.8) is 0 Å². The Morgan fingerprint density at radius 3 is 2.47 bits per heavy atom. The molecule has 0 aliphatic carbocycles.